The summed E-state index contributed by atoms with van der Waals surface area (Å²) in [7, 11) is 3.46. The Labute approximate surface area is 138 Å². The number of ether oxygens (including phenoxy) is 1. The third-order valence-corrected chi connectivity index (χ3v) is 3.23. The Bertz CT molecular complexity index is 479. The lowest BCUT2D eigenvalue weighted by Crippen LogP contribution is -2.44. The van der Waals surface area contributed by atoms with Crippen LogP contribution in [0.25, 0.3) is 0 Å². The van der Waals surface area contributed by atoms with E-state index in [2.05, 4.69) is 20.6 Å². The van der Waals surface area contributed by atoms with Crippen molar-refractivity contribution in [2.45, 2.75) is 13.3 Å². The molecule has 7 heteroatoms. The number of likely N-dealkylation sites (N-methyl/N-ethyl adjacent to an activating group) is 1. The van der Waals surface area contributed by atoms with E-state index in [1.807, 2.05) is 25.1 Å². The summed E-state index contributed by atoms with van der Waals surface area (Å²) < 4.78 is 5.24. The third kappa shape index (κ3) is 8.15. The highest BCUT2D eigenvalue weighted by Gasteiger charge is 2.09. The number of carbonyl (C=O) groups excluding carboxylic acids is 1. The molecule has 23 heavy (non-hydrogen) atoms. The minimum Gasteiger partial charge on any atom is -0.380 e. The number of nitrogens with zero attached hydrogens (tertiary/aromatic N) is 3. The molecule has 1 rings (SSSR count). The molecule has 0 saturated heterocycles. The van der Waals surface area contributed by atoms with Crippen molar-refractivity contribution in [2.24, 2.45) is 4.99 Å². The molecule has 0 bridgehead atoms. The number of aromatic nitrogens is 1. The van der Waals surface area contributed by atoms with Crippen LogP contribution in [0.1, 0.15) is 12.6 Å². The normalized spacial score (nSPS) is 11.2. The highest BCUT2D eigenvalue weighted by Crippen LogP contribution is 1.96. The molecule has 128 valence electrons. The van der Waals surface area contributed by atoms with Gasteiger partial charge in [0.1, 0.15) is 0 Å². The maximum Gasteiger partial charge on any atom is 0.241 e. The van der Waals surface area contributed by atoms with E-state index in [0.717, 1.165) is 12.1 Å². The second kappa shape index (κ2) is 11.4. The van der Waals surface area contributed by atoms with Crippen LogP contribution in [-0.2, 0) is 16.0 Å². The summed E-state index contributed by atoms with van der Waals surface area (Å²) >= 11 is 0. The number of pyridine rings is 1. The van der Waals surface area contributed by atoms with Gasteiger partial charge in [-0.15, -0.1) is 0 Å². The van der Waals surface area contributed by atoms with Crippen LogP contribution in [0.2, 0.25) is 0 Å². The summed E-state index contributed by atoms with van der Waals surface area (Å²) in [6, 6.07) is 5.79. The van der Waals surface area contributed by atoms with Crippen molar-refractivity contribution in [3.63, 3.8) is 0 Å². The average molecular weight is 321 g/mol. The topological polar surface area (TPSA) is 78.8 Å². The van der Waals surface area contributed by atoms with Crippen molar-refractivity contribution >= 4 is 11.9 Å². The Morgan fingerprint density at radius 1 is 1.39 bits per heavy atom. The number of nitrogens with one attached hydrogen (secondary N) is 2. The van der Waals surface area contributed by atoms with E-state index in [1.54, 1.807) is 25.2 Å². The largest absolute Gasteiger partial charge is 0.380 e. The Hall–Kier alpha value is -2.15. The fourth-order valence-electron chi connectivity index (χ4n) is 1.85. The molecule has 0 saturated carbocycles. The highest BCUT2D eigenvalue weighted by molar-refractivity contribution is 5.86. The van der Waals surface area contributed by atoms with Crippen molar-refractivity contribution in [3.8, 4) is 0 Å². The molecule has 0 radical (unpaired) electrons. The molecule has 0 aliphatic rings. The summed E-state index contributed by atoms with van der Waals surface area (Å²) in [5.41, 5.74) is 0.980. The van der Waals surface area contributed by atoms with Gasteiger partial charge < -0.3 is 20.3 Å². The van der Waals surface area contributed by atoms with Gasteiger partial charge >= 0.3 is 0 Å². The summed E-state index contributed by atoms with van der Waals surface area (Å²) in [5.74, 6) is 0.602. The number of hydrogen-bond donors (Lipinski definition) is 2. The molecule has 0 aliphatic heterocycles. The SMILES string of the molecule is CCOCCNC(=NC)NCC(=O)N(C)CCc1ccccn1. The summed E-state index contributed by atoms with van der Waals surface area (Å²) in [6.07, 6.45) is 2.50. The van der Waals surface area contributed by atoms with Gasteiger partial charge in [-0.05, 0) is 19.1 Å². The minimum absolute atomic E-state index is 0.00805. The van der Waals surface area contributed by atoms with Crippen LogP contribution in [0.4, 0.5) is 0 Å². The van der Waals surface area contributed by atoms with Gasteiger partial charge in [-0.25, -0.2) is 0 Å². The third-order valence-electron chi connectivity index (χ3n) is 3.23. The van der Waals surface area contributed by atoms with Gasteiger partial charge in [0, 0.05) is 52.1 Å². The van der Waals surface area contributed by atoms with E-state index in [0.29, 0.717) is 32.3 Å². The van der Waals surface area contributed by atoms with Gasteiger partial charge in [0.25, 0.3) is 0 Å². The average Bonchev–Trinajstić information content (AvgIpc) is 2.59. The van der Waals surface area contributed by atoms with Crippen LogP contribution in [0.15, 0.2) is 29.4 Å². The number of amides is 1. The van der Waals surface area contributed by atoms with Gasteiger partial charge in [-0.3, -0.25) is 14.8 Å². The molecule has 0 aromatic carbocycles. The molecule has 0 spiro atoms. The molecule has 1 aromatic heterocycles. The summed E-state index contributed by atoms with van der Waals surface area (Å²) in [5, 5.41) is 6.09. The van der Waals surface area contributed by atoms with Crippen LogP contribution >= 0.6 is 0 Å². The molecule has 0 unspecified atom stereocenters. The Balaban J connectivity index is 2.25. The summed E-state index contributed by atoms with van der Waals surface area (Å²) in [6.45, 7) is 4.73. The van der Waals surface area contributed by atoms with Crippen molar-refractivity contribution in [2.75, 3.05) is 46.9 Å². The lowest BCUT2D eigenvalue weighted by molar-refractivity contribution is -0.128. The van der Waals surface area contributed by atoms with Gasteiger partial charge in [0.15, 0.2) is 5.96 Å². The van der Waals surface area contributed by atoms with E-state index in [4.69, 9.17) is 4.74 Å². The van der Waals surface area contributed by atoms with Crippen molar-refractivity contribution in [1.82, 2.24) is 20.5 Å². The predicted molar refractivity (Wildman–Crippen MR) is 91.4 cm³/mol. The smallest absolute Gasteiger partial charge is 0.241 e. The first-order valence-electron chi connectivity index (χ1n) is 7.83. The van der Waals surface area contributed by atoms with Crippen LogP contribution in [0.3, 0.4) is 0 Å². The molecule has 0 fully saturated rings. The maximum absolute atomic E-state index is 12.1. The first-order valence-corrected chi connectivity index (χ1v) is 7.83. The standard InChI is InChI=1S/C16H27N5O2/c1-4-23-12-10-19-16(17-2)20-13-15(22)21(3)11-8-14-7-5-6-9-18-14/h5-7,9H,4,8,10-13H2,1-3H3,(H2,17,19,20). The maximum atomic E-state index is 12.1. The van der Waals surface area contributed by atoms with Crippen molar-refractivity contribution in [3.05, 3.63) is 30.1 Å². The van der Waals surface area contributed by atoms with Gasteiger partial charge in [0.2, 0.25) is 5.91 Å². The van der Waals surface area contributed by atoms with E-state index in [1.165, 1.54) is 0 Å². The number of aliphatic imine (C=N–C) groups is 1. The van der Waals surface area contributed by atoms with Crippen molar-refractivity contribution in [1.29, 1.82) is 0 Å². The molecule has 2 N–H and O–H groups in total. The lowest BCUT2D eigenvalue weighted by Gasteiger charge is -2.18. The van der Waals surface area contributed by atoms with Crippen LogP contribution in [0, 0.1) is 0 Å². The molecule has 1 aromatic rings. The Morgan fingerprint density at radius 2 is 2.22 bits per heavy atom. The van der Waals surface area contributed by atoms with Gasteiger partial charge in [-0.2, -0.15) is 0 Å². The molecule has 0 aliphatic carbocycles. The monoisotopic (exact) mass is 321 g/mol. The highest BCUT2D eigenvalue weighted by atomic mass is 16.5. The number of carbonyl (C=O) groups is 1. The van der Waals surface area contributed by atoms with Gasteiger partial charge in [0.05, 0.1) is 13.2 Å². The first-order chi connectivity index (χ1) is 11.2. The van der Waals surface area contributed by atoms with E-state index < -0.39 is 0 Å². The molecular formula is C16H27N5O2. The second-order valence-electron chi connectivity index (χ2n) is 4.94. The predicted octanol–water partition coefficient (Wildman–Crippen LogP) is 0.284. The minimum atomic E-state index is 0.00805. The molecule has 0 atom stereocenters. The number of guanidine groups is 1. The van der Waals surface area contributed by atoms with Crippen LogP contribution in [0.5, 0.6) is 0 Å². The molecular weight excluding hydrogens is 294 g/mol. The zero-order valence-corrected chi connectivity index (χ0v) is 14.2. The lowest BCUT2D eigenvalue weighted by atomic mass is 10.2. The van der Waals surface area contributed by atoms with E-state index >= 15 is 0 Å². The number of rotatable bonds is 9. The second-order valence-corrected chi connectivity index (χ2v) is 4.94. The van der Waals surface area contributed by atoms with Crippen LogP contribution < -0.4 is 10.6 Å². The Morgan fingerprint density at radius 3 is 2.87 bits per heavy atom. The molecule has 7 nitrogen and oxygen atoms in total. The van der Waals surface area contributed by atoms with Crippen molar-refractivity contribution < 1.29 is 9.53 Å². The number of hydrogen-bond acceptors (Lipinski definition) is 4. The van der Waals surface area contributed by atoms with E-state index in [-0.39, 0.29) is 12.5 Å². The first kappa shape index (κ1) is 18.9. The van der Waals surface area contributed by atoms with E-state index in [9.17, 15) is 4.79 Å². The fourth-order valence-corrected chi connectivity index (χ4v) is 1.85. The zero-order valence-electron chi connectivity index (χ0n) is 14.2. The molecule has 1 amide bonds. The van der Waals surface area contributed by atoms with Crippen LogP contribution in [-0.4, -0.2) is 68.7 Å². The molecule has 1 heterocycles. The summed E-state index contributed by atoms with van der Waals surface area (Å²) in [4.78, 5) is 22.1. The quantitative estimate of drug-likeness (QED) is 0.388. The Kier molecular flexibility index (Phi) is 9.38. The van der Waals surface area contributed by atoms with Gasteiger partial charge in [-0.1, -0.05) is 6.07 Å². The zero-order chi connectivity index (χ0) is 16.9. The fraction of sp³-hybridized carbons (Fsp3) is 0.562.